The lowest BCUT2D eigenvalue weighted by atomic mass is 10.2. The second kappa shape index (κ2) is 8.33. The lowest BCUT2D eigenvalue weighted by molar-refractivity contribution is 0.678. The first-order chi connectivity index (χ1) is 9.10. The highest BCUT2D eigenvalue weighted by Gasteiger charge is 2.08. The summed E-state index contributed by atoms with van der Waals surface area (Å²) in [6.45, 7) is 3.76. The van der Waals surface area contributed by atoms with E-state index in [1.165, 1.54) is 12.8 Å². The van der Waals surface area contributed by atoms with Gasteiger partial charge in [-0.25, -0.2) is 0 Å². The number of rotatable bonds is 6. The Balaban J connectivity index is 2.43. The maximum absolute atomic E-state index is 6.02. The molecule has 1 aromatic rings. The van der Waals surface area contributed by atoms with Crippen LogP contribution in [0, 0.1) is 0 Å². The molecule has 4 nitrogen and oxygen atoms in total. The molecular formula is C13H22Cl2N4. The minimum Gasteiger partial charge on any atom is -0.356 e. The van der Waals surface area contributed by atoms with E-state index in [0.29, 0.717) is 16.7 Å². The monoisotopic (exact) mass is 304 g/mol. The second-order valence-electron chi connectivity index (χ2n) is 4.39. The van der Waals surface area contributed by atoms with E-state index in [0.717, 1.165) is 24.6 Å². The summed E-state index contributed by atoms with van der Waals surface area (Å²) in [4.78, 5) is 4.18. The fraction of sp³-hybridized carbons (Fsp3) is 0.615. The molecule has 1 aromatic heterocycles. The van der Waals surface area contributed by atoms with Gasteiger partial charge in [0.15, 0.2) is 5.96 Å². The molecule has 19 heavy (non-hydrogen) atoms. The number of hydrogen-bond acceptors (Lipinski definition) is 1. The number of unbranched alkanes of at least 4 members (excludes halogenated alkanes) is 2. The standard InChI is InChI=1S/C13H22Cl2N4/c1-4-5-6-7-17-13(16-2)18-9-10-8-11(14)12(15)19(10)3/h8H,4-7,9H2,1-3H3,(H2,16,17,18). The minimum absolute atomic E-state index is 0.560. The molecule has 0 amide bonds. The zero-order valence-electron chi connectivity index (χ0n) is 11.8. The smallest absolute Gasteiger partial charge is 0.191 e. The average molecular weight is 305 g/mol. The summed E-state index contributed by atoms with van der Waals surface area (Å²) < 4.78 is 1.86. The summed E-state index contributed by atoms with van der Waals surface area (Å²) in [7, 11) is 3.66. The number of nitrogens with zero attached hydrogens (tertiary/aromatic N) is 2. The van der Waals surface area contributed by atoms with Gasteiger partial charge in [-0.1, -0.05) is 43.0 Å². The van der Waals surface area contributed by atoms with Crippen LogP contribution in [-0.4, -0.2) is 24.1 Å². The van der Waals surface area contributed by atoms with E-state index in [1.807, 2.05) is 17.7 Å². The van der Waals surface area contributed by atoms with Crippen molar-refractivity contribution in [3.63, 3.8) is 0 Å². The van der Waals surface area contributed by atoms with Crippen LogP contribution in [0.2, 0.25) is 10.2 Å². The maximum atomic E-state index is 6.02. The van der Waals surface area contributed by atoms with Crippen LogP contribution in [0.25, 0.3) is 0 Å². The molecule has 0 aliphatic rings. The zero-order chi connectivity index (χ0) is 14.3. The summed E-state index contributed by atoms with van der Waals surface area (Å²) >= 11 is 12.0. The van der Waals surface area contributed by atoms with Gasteiger partial charge in [0.2, 0.25) is 0 Å². The predicted molar refractivity (Wildman–Crippen MR) is 83.2 cm³/mol. The number of halogens is 2. The number of aromatic nitrogens is 1. The molecule has 0 aliphatic carbocycles. The summed E-state index contributed by atoms with van der Waals surface area (Å²) in [5.41, 5.74) is 1.02. The van der Waals surface area contributed by atoms with Gasteiger partial charge in [0.1, 0.15) is 5.15 Å². The van der Waals surface area contributed by atoms with Crippen molar-refractivity contribution < 1.29 is 0 Å². The normalized spacial score (nSPS) is 11.7. The highest BCUT2D eigenvalue weighted by molar-refractivity contribution is 6.41. The fourth-order valence-corrected chi connectivity index (χ4v) is 2.15. The Bertz CT molecular complexity index is 427. The van der Waals surface area contributed by atoms with Gasteiger partial charge in [-0.15, -0.1) is 0 Å². The summed E-state index contributed by atoms with van der Waals surface area (Å²) in [6, 6.07) is 1.86. The Morgan fingerprint density at radius 2 is 2.05 bits per heavy atom. The molecule has 0 unspecified atom stereocenters. The summed E-state index contributed by atoms with van der Waals surface area (Å²) in [5, 5.41) is 7.66. The molecule has 0 spiro atoms. The van der Waals surface area contributed by atoms with Gasteiger partial charge in [0, 0.05) is 26.3 Å². The van der Waals surface area contributed by atoms with E-state index in [4.69, 9.17) is 23.2 Å². The van der Waals surface area contributed by atoms with Crippen molar-refractivity contribution in [2.45, 2.75) is 32.7 Å². The van der Waals surface area contributed by atoms with Crippen molar-refractivity contribution in [3.8, 4) is 0 Å². The maximum Gasteiger partial charge on any atom is 0.191 e. The molecule has 0 saturated carbocycles. The Morgan fingerprint density at radius 1 is 1.32 bits per heavy atom. The number of aliphatic imine (C=N–C) groups is 1. The first kappa shape index (κ1) is 16.2. The Labute approximate surface area is 125 Å². The van der Waals surface area contributed by atoms with Gasteiger partial charge in [-0.2, -0.15) is 0 Å². The first-order valence-electron chi connectivity index (χ1n) is 6.54. The van der Waals surface area contributed by atoms with E-state index >= 15 is 0 Å². The van der Waals surface area contributed by atoms with Crippen molar-refractivity contribution in [1.82, 2.24) is 15.2 Å². The van der Waals surface area contributed by atoms with Crippen LogP contribution in [0.15, 0.2) is 11.1 Å². The third-order valence-corrected chi connectivity index (χ3v) is 3.79. The van der Waals surface area contributed by atoms with Gasteiger partial charge >= 0.3 is 0 Å². The first-order valence-corrected chi connectivity index (χ1v) is 7.29. The van der Waals surface area contributed by atoms with Crippen LogP contribution in [0.1, 0.15) is 31.9 Å². The summed E-state index contributed by atoms with van der Waals surface area (Å²) in [6.07, 6.45) is 3.60. The van der Waals surface area contributed by atoms with Crippen LogP contribution < -0.4 is 10.6 Å². The molecule has 0 saturated heterocycles. The van der Waals surface area contributed by atoms with E-state index in [9.17, 15) is 0 Å². The van der Waals surface area contributed by atoms with Crippen molar-refractivity contribution in [1.29, 1.82) is 0 Å². The Hall–Kier alpha value is -0.870. The van der Waals surface area contributed by atoms with Crippen LogP contribution >= 0.6 is 23.2 Å². The highest BCUT2D eigenvalue weighted by atomic mass is 35.5. The molecule has 0 atom stereocenters. The molecule has 0 fully saturated rings. The minimum atomic E-state index is 0.560. The molecule has 1 heterocycles. The Morgan fingerprint density at radius 3 is 2.58 bits per heavy atom. The third kappa shape index (κ3) is 4.96. The molecule has 108 valence electrons. The molecular weight excluding hydrogens is 283 g/mol. The van der Waals surface area contributed by atoms with Crippen LogP contribution in [-0.2, 0) is 13.6 Å². The third-order valence-electron chi connectivity index (χ3n) is 2.95. The second-order valence-corrected chi connectivity index (χ2v) is 5.16. The van der Waals surface area contributed by atoms with Gasteiger partial charge in [-0.05, 0) is 12.5 Å². The lowest BCUT2D eigenvalue weighted by Crippen LogP contribution is -2.37. The zero-order valence-corrected chi connectivity index (χ0v) is 13.3. The molecule has 0 radical (unpaired) electrons. The topological polar surface area (TPSA) is 41.4 Å². The van der Waals surface area contributed by atoms with Gasteiger partial charge in [-0.3, -0.25) is 4.99 Å². The number of nitrogens with one attached hydrogen (secondary N) is 2. The molecule has 2 N–H and O–H groups in total. The van der Waals surface area contributed by atoms with E-state index < -0.39 is 0 Å². The Kier molecular flexibility index (Phi) is 7.10. The van der Waals surface area contributed by atoms with E-state index in [2.05, 4.69) is 22.5 Å². The molecule has 6 heteroatoms. The van der Waals surface area contributed by atoms with Gasteiger partial charge in [0.25, 0.3) is 0 Å². The van der Waals surface area contributed by atoms with Crippen LogP contribution in [0.3, 0.4) is 0 Å². The average Bonchev–Trinajstić information content (AvgIpc) is 2.65. The molecule has 0 aromatic carbocycles. The molecule has 0 aliphatic heterocycles. The summed E-state index contributed by atoms with van der Waals surface area (Å²) in [5.74, 6) is 0.796. The molecule has 1 rings (SSSR count). The lowest BCUT2D eigenvalue weighted by Gasteiger charge is -2.12. The van der Waals surface area contributed by atoms with E-state index in [1.54, 1.807) is 7.05 Å². The number of hydrogen-bond donors (Lipinski definition) is 2. The van der Waals surface area contributed by atoms with E-state index in [-0.39, 0.29) is 0 Å². The van der Waals surface area contributed by atoms with Crippen LogP contribution in [0.4, 0.5) is 0 Å². The van der Waals surface area contributed by atoms with Crippen molar-refractivity contribution >= 4 is 29.2 Å². The van der Waals surface area contributed by atoms with Crippen molar-refractivity contribution in [3.05, 3.63) is 21.9 Å². The number of guanidine groups is 1. The molecule has 0 bridgehead atoms. The van der Waals surface area contributed by atoms with Gasteiger partial charge < -0.3 is 15.2 Å². The fourth-order valence-electron chi connectivity index (χ4n) is 1.74. The predicted octanol–water partition coefficient (Wildman–Crippen LogP) is 3.19. The van der Waals surface area contributed by atoms with Gasteiger partial charge in [0.05, 0.1) is 11.6 Å². The quantitative estimate of drug-likeness (QED) is 0.481. The largest absolute Gasteiger partial charge is 0.356 e. The van der Waals surface area contributed by atoms with Crippen molar-refractivity contribution in [2.75, 3.05) is 13.6 Å². The van der Waals surface area contributed by atoms with Crippen molar-refractivity contribution in [2.24, 2.45) is 12.0 Å². The highest BCUT2D eigenvalue weighted by Crippen LogP contribution is 2.24. The SMILES string of the molecule is CCCCCNC(=NC)NCc1cc(Cl)c(Cl)n1C. The van der Waals surface area contributed by atoms with Crippen LogP contribution in [0.5, 0.6) is 0 Å².